The third kappa shape index (κ3) is 6.02. The molecule has 0 spiro atoms. The van der Waals surface area contributed by atoms with E-state index >= 15 is 0 Å². The number of hydrogen-bond acceptors (Lipinski definition) is 0. The summed E-state index contributed by atoms with van der Waals surface area (Å²) in [5, 5.41) is 0. The lowest BCUT2D eigenvalue weighted by atomic mass is 9.65. The van der Waals surface area contributed by atoms with Crippen molar-refractivity contribution in [3.05, 3.63) is 0 Å². The molecule has 4 aliphatic rings. The third-order valence-electron chi connectivity index (χ3n) is 9.54. The summed E-state index contributed by atoms with van der Waals surface area (Å²) < 4.78 is 13.3. The lowest BCUT2D eigenvalue weighted by molar-refractivity contribution is 0.108. The van der Waals surface area contributed by atoms with Gasteiger partial charge in [0.2, 0.25) is 0 Å². The minimum absolute atomic E-state index is 0.488. The van der Waals surface area contributed by atoms with Gasteiger partial charge in [0.15, 0.2) is 0 Å². The van der Waals surface area contributed by atoms with Gasteiger partial charge >= 0.3 is 0 Å². The third-order valence-corrected chi connectivity index (χ3v) is 9.54. The molecule has 0 aromatic rings. The van der Waals surface area contributed by atoms with Crippen LogP contribution in [0.2, 0.25) is 0 Å². The smallest absolute Gasteiger partial charge is 0.100 e. The zero-order valence-corrected chi connectivity index (χ0v) is 19.0. The maximum atomic E-state index is 13.3. The van der Waals surface area contributed by atoms with Crippen LogP contribution in [0.5, 0.6) is 0 Å². The first-order valence-corrected chi connectivity index (χ1v) is 13.4. The number of rotatable bonds is 3. The van der Waals surface area contributed by atoms with Crippen molar-refractivity contribution in [2.45, 2.75) is 122 Å². The molecule has 4 fully saturated rings. The first kappa shape index (κ1) is 21.7. The van der Waals surface area contributed by atoms with Crippen molar-refractivity contribution in [2.24, 2.45) is 41.4 Å². The van der Waals surface area contributed by atoms with Crippen molar-refractivity contribution < 1.29 is 4.39 Å². The van der Waals surface area contributed by atoms with E-state index in [1.54, 1.807) is 0 Å². The normalized spacial score (nSPS) is 43.9. The zero-order chi connectivity index (χ0) is 20.1. The van der Waals surface area contributed by atoms with Crippen molar-refractivity contribution in [1.29, 1.82) is 0 Å². The Hall–Kier alpha value is -0.510. The van der Waals surface area contributed by atoms with Crippen LogP contribution in [0.15, 0.2) is 0 Å². The molecule has 0 N–H and O–H groups in total. The highest BCUT2D eigenvalue weighted by Gasteiger charge is 2.34. The number of hydrogen-bond donors (Lipinski definition) is 0. The largest absolute Gasteiger partial charge is 0.247 e. The van der Waals surface area contributed by atoms with Gasteiger partial charge in [-0.3, -0.25) is 0 Å². The Labute approximate surface area is 180 Å². The van der Waals surface area contributed by atoms with Gasteiger partial charge in [0.25, 0.3) is 0 Å². The minimum Gasteiger partial charge on any atom is -0.247 e. The Balaban J connectivity index is 1.15. The van der Waals surface area contributed by atoms with Crippen LogP contribution in [0.1, 0.15) is 116 Å². The van der Waals surface area contributed by atoms with Crippen molar-refractivity contribution >= 4 is 0 Å². The summed E-state index contributed by atoms with van der Waals surface area (Å²) in [5.41, 5.74) is 0. The van der Waals surface area contributed by atoms with Crippen LogP contribution in [0.4, 0.5) is 4.39 Å². The molecule has 0 unspecified atom stereocenters. The average Bonchev–Trinajstić information content (AvgIpc) is 2.79. The van der Waals surface area contributed by atoms with Crippen molar-refractivity contribution in [2.75, 3.05) is 0 Å². The highest BCUT2D eigenvalue weighted by molar-refractivity contribution is 5.09. The summed E-state index contributed by atoms with van der Waals surface area (Å²) in [5.74, 6) is 13.5. The average molecular weight is 401 g/mol. The van der Waals surface area contributed by atoms with E-state index in [0.29, 0.717) is 11.8 Å². The fraction of sp³-hybridized carbons (Fsp3) is 0.929. The summed E-state index contributed by atoms with van der Waals surface area (Å²) in [6.07, 6.45) is 22.0. The second-order valence-electron chi connectivity index (χ2n) is 11.2. The zero-order valence-electron chi connectivity index (χ0n) is 19.0. The maximum Gasteiger partial charge on any atom is 0.100 e. The Bertz CT molecular complexity index is 524. The summed E-state index contributed by atoms with van der Waals surface area (Å²) in [6.45, 7) is 2.38. The molecular formula is C28H45F. The highest BCUT2D eigenvalue weighted by Crippen LogP contribution is 2.46. The van der Waals surface area contributed by atoms with E-state index in [4.69, 9.17) is 0 Å². The molecule has 0 amide bonds. The fourth-order valence-electron chi connectivity index (χ4n) is 7.32. The van der Waals surface area contributed by atoms with E-state index in [-0.39, 0.29) is 0 Å². The van der Waals surface area contributed by atoms with Gasteiger partial charge in [-0.1, -0.05) is 38.0 Å². The molecule has 0 bridgehead atoms. The Morgan fingerprint density at radius 2 is 0.862 bits per heavy atom. The Morgan fingerprint density at radius 3 is 1.28 bits per heavy atom. The van der Waals surface area contributed by atoms with Crippen molar-refractivity contribution in [3.63, 3.8) is 0 Å². The standard InChI is InChI=1S/C28H45F/c1-2-21-5-11-24(12-6-21)26-15-17-27(18-16-26)25-13-7-22(8-14-25)3-4-23-9-19-28(29)20-10-23/h21-28H,2,5-20H2,1H3. The molecule has 29 heavy (non-hydrogen) atoms. The molecule has 4 saturated carbocycles. The molecule has 0 nitrogen and oxygen atoms in total. The summed E-state index contributed by atoms with van der Waals surface area (Å²) in [7, 11) is 0. The summed E-state index contributed by atoms with van der Waals surface area (Å²) in [4.78, 5) is 0. The van der Waals surface area contributed by atoms with Gasteiger partial charge < -0.3 is 0 Å². The highest BCUT2D eigenvalue weighted by atomic mass is 19.1. The molecule has 0 atom stereocenters. The van der Waals surface area contributed by atoms with Crippen LogP contribution in [0, 0.1) is 53.3 Å². The van der Waals surface area contributed by atoms with E-state index in [1.165, 1.54) is 83.5 Å². The van der Waals surface area contributed by atoms with Crippen LogP contribution in [-0.4, -0.2) is 6.17 Å². The van der Waals surface area contributed by atoms with Crippen LogP contribution in [0.3, 0.4) is 0 Å². The second-order valence-corrected chi connectivity index (χ2v) is 11.2. The predicted molar refractivity (Wildman–Crippen MR) is 121 cm³/mol. The van der Waals surface area contributed by atoms with E-state index in [9.17, 15) is 4.39 Å². The van der Waals surface area contributed by atoms with Crippen LogP contribution >= 0.6 is 0 Å². The molecule has 0 radical (unpaired) electrons. The quantitative estimate of drug-likeness (QED) is 0.417. The van der Waals surface area contributed by atoms with Gasteiger partial charge in [-0.2, -0.15) is 0 Å². The Kier molecular flexibility index (Phi) is 8.00. The van der Waals surface area contributed by atoms with Gasteiger partial charge in [0.05, 0.1) is 0 Å². The van der Waals surface area contributed by atoms with E-state index < -0.39 is 6.17 Å². The van der Waals surface area contributed by atoms with E-state index in [0.717, 1.165) is 55.3 Å². The molecule has 4 aliphatic carbocycles. The van der Waals surface area contributed by atoms with Gasteiger partial charge in [-0.25, -0.2) is 4.39 Å². The van der Waals surface area contributed by atoms with Gasteiger partial charge in [0.1, 0.15) is 6.17 Å². The predicted octanol–water partition coefficient (Wildman–Crippen LogP) is 8.35. The molecule has 1 heteroatoms. The number of alkyl halides is 1. The van der Waals surface area contributed by atoms with Crippen molar-refractivity contribution in [1.82, 2.24) is 0 Å². The SMILES string of the molecule is CCC1CCC(C2CCC(C3CCC(C#CC4CCC(F)CC4)CC3)CC2)CC1. The fourth-order valence-corrected chi connectivity index (χ4v) is 7.32. The minimum atomic E-state index is -0.551. The first-order valence-electron chi connectivity index (χ1n) is 13.4. The van der Waals surface area contributed by atoms with Gasteiger partial charge in [0, 0.05) is 11.8 Å². The molecule has 4 rings (SSSR count). The lowest BCUT2D eigenvalue weighted by Crippen LogP contribution is -2.29. The number of halogens is 1. The van der Waals surface area contributed by atoms with E-state index in [2.05, 4.69) is 18.8 Å². The second kappa shape index (κ2) is 10.7. The Morgan fingerprint density at radius 1 is 0.517 bits per heavy atom. The molecule has 0 aromatic carbocycles. The van der Waals surface area contributed by atoms with Crippen molar-refractivity contribution in [3.8, 4) is 11.8 Å². The monoisotopic (exact) mass is 400 g/mol. The van der Waals surface area contributed by atoms with Gasteiger partial charge in [-0.05, 0) is 119 Å². The van der Waals surface area contributed by atoms with Gasteiger partial charge in [-0.15, -0.1) is 0 Å². The molecular weight excluding hydrogens is 355 g/mol. The first-order chi connectivity index (χ1) is 14.2. The van der Waals surface area contributed by atoms with Crippen LogP contribution in [-0.2, 0) is 0 Å². The molecule has 0 aromatic heterocycles. The summed E-state index contributed by atoms with van der Waals surface area (Å²) in [6, 6.07) is 0. The molecule has 164 valence electrons. The molecule has 0 aliphatic heterocycles. The van der Waals surface area contributed by atoms with Crippen LogP contribution in [0.25, 0.3) is 0 Å². The van der Waals surface area contributed by atoms with E-state index in [1.807, 2.05) is 0 Å². The lowest BCUT2D eigenvalue weighted by Gasteiger charge is -2.41. The topological polar surface area (TPSA) is 0 Å². The molecule has 0 heterocycles. The van der Waals surface area contributed by atoms with Crippen LogP contribution < -0.4 is 0 Å². The maximum absolute atomic E-state index is 13.3. The summed E-state index contributed by atoms with van der Waals surface area (Å²) >= 11 is 0. The molecule has 0 saturated heterocycles.